The van der Waals surface area contributed by atoms with Crippen molar-refractivity contribution in [3.8, 4) is 5.75 Å². The number of hydrogen-bond donors (Lipinski definition) is 1. The third-order valence-electron chi connectivity index (χ3n) is 3.10. The standard InChI is InChI=1S/C15H24BrNO3S/c1-5-21(18,19)7-6-20-15-12(4)8-14(16)9-13(15)10-17-11(2)3/h8-9,11,17H,5-7,10H2,1-4H3. The van der Waals surface area contributed by atoms with E-state index < -0.39 is 9.84 Å². The molecule has 0 aliphatic heterocycles. The van der Waals surface area contributed by atoms with Crippen LogP contribution in [-0.2, 0) is 16.4 Å². The van der Waals surface area contributed by atoms with Crippen LogP contribution in [0.15, 0.2) is 16.6 Å². The maximum absolute atomic E-state index is 11.5. The van der Waals surface area contributed by atoms with Crippen molar-refractivity contribution in [2.75, 3.05) is 18.1 Å². The largest absolute Gasteiger partial charge is 0.492 e. The number of benzene rings is 1. The molecule has 0 spiro atoms. The summed E-state index contributed by atoms with van der Waals surface area (Å²) in [7, 11) is -3.00. The zero-order valence-electron chi connectivity index (χ0n) is 13.1. The Kier molecular flexibility index (Phi) is 7.16. The zero-order valence-corrected chi connectivity index (χ0v) is 15.5. The highest BCUT2D eigenvalue weighted by atomic mass is 79.9. The lowest BCUT2D eigenvalue weighted by molar-refractivity contribution is 0.333. The summed E-state index contributed by atoms with van der Waals surface area (Å²) in [4.78, 5) is 0. The molecule has 0 unspecified atom stereocenters. The Morgan fingerprint density at radius 1 is 1.33 bits per heavy atom. The molecule has 0 fully saturated rings. The van der Waals surface area contributed by atoms with Gasteiger partial charge in [0.2, 0.25) is 0 Å². The lowest BCUT2D eigenvalue weighted by atomic mass is 10.1. The van der Waals surface area contributed by atoms with Crippen molar-refractivity contribution in [2.24, 2.45) is 0 Å². The van der Waals surface area contributed by atoms with Crippen molar-refractivity contribution >= 4 is 25.8 Å². The maximum Gasteiger partial charge on any atom is 0.153 e. The highest BCUT2D eigenvalue weighted by Crippen LogP contribution is 2.28. The molecule has 0 heterocycles. The van der Waals surface area contributed by atoms with Crippen LogP contribution < -0.4 is 10.1 Å². The molecule has 0 amide bonds. The highest BCUT2D eigenvalue weighted by molar-refractivity contribution is 9.10. The molecule has 1 aromatic carbocycles. The van der Waals surface area contributed by atoms with Gasteiger partial charge in [0.1, 0.15) is 12.4 Å². The monoisotopic (exact) mass is 377 g/mol. The molecule has 0 atom stereocenters. The van der Waals surface area contributed by atoms with Gasteiger partial charge < -0.3 is 10.1 Å². The van der Waals surface area contributed by atoms with Crippen molar-refractivity contribution in [1.82, 2.24) is 5.32 Å². The number of halogens is 1. The van der Waals surface area contributed by atoms with E-state index in [0.717, 1.165) is 21.3 Å². The second kappa shape index (κ2) is 8.15. The summed E-state index contributed by atoms with van der Waals surface area (Å²) in [6.45, 7) is 8.66. The van der Waals surface area contributed by atoms with Crippen LogP contribution in [0.2, 0.25) is 0 Å². The first-order valence-electron chi connectivity index (χ1n) is 7.10. The van der Waals surface area contributed by atoms with Gasteiger partial charge in [0.05, 0.1) is 5.75 Å². The molecule has 0 aliphatic carbocycles. The molecule has 0 aromatic heterocycles. The molecule has 4 nitrogen and oxygen atoms in total. The number of sulfone groups is 1. The van der Waals surface area contributed by atoms with E-state index in [2.05, 4.69) is 35.1 Å². The summed E-state index contributed by atoms with van der Waals surface area (Å²) in [5.41, 5.74) is 2.03. The fourth-order valence-electron chi connectivity index (χ4n) is 1.87. The van der Waals surface area contributed by atoms with Gasteiger partial charge in [-0.3, -0.25) is 0 Å². The maximum atomic E-state index is 11.5. The normalized spacial score (nSPS) is 11.9. The van der Waals surface area contributed by atoms with Crippen LogP contribution in [0.4, 0.5) is 0 Å². The first-order chi connectivity index (χ1) is 9.75. The predicted octanol–water partition coefficient (Wildman–Crippen LogP) is 3.07. The van der Waals surface area contributed by atoms with Gasteiger partial charge >= 0.3 is 0 Å². The van der Waals surface area contributed by atoms with Crippen LogP contribution in [0, 0.1) is 6.92 Å². The second-order valence-corrected chi connectivity index (χ2v) is 8.72. The molecule has 0 radical (unpaired) electrons. The number of aryl methyl sites for hydroxylation is 1. The second-order valence-electron chi connectivity index (χ2n) is 5.33. The molecule has 21 heavy (non-hydrogen) atoms. The molecular formula is C15H24BrNO3S. The minimum absolute atomic E-state index is 0.0516. The van der Waals surface area contributed by atoms with Gasteiger partial charge in [-0.1, -0.05) is 36.7 Å². The minimum atomic E-state index is -3.00. The van der Waals surface area contributed by atoms with E-state index in [1.807, 2.05) is 19.1 Å². The summed E-state index contributed by atoms with van der Waals surface area (Å²) >= 11 is 3.49. The molecule has 120 valence electrons. The van der Waals surface area contributed by atoms with E-state index in [1.165, 1.54) is 0 Å². The molecule has 1 aromatic rings. The van der Waals surface area contributed by atoms with Gasteiger partial charge in [-0.25, -0.2) is 8.42 Å². The summed E-state index contributed by atoms with van der Waals surface area (Å²) in [5, 5.41) is 3.36. The lowest BCUT2D eigenvalue weighted by Crippen LogP contribution is -2.23. The fraction of sp³-hybridized carbons (Fsp3) is 0.600. The van der Waals surface area contributed by atoms with Crippen LogP contribution >= 0.6 is 15.9 Å². The molecule has 0 bridgehead atoms. The first kappa shape index (κ1) is 18.5. The summed E-state index contributed by atoms with van der Waals surface area (Å²) in [6, 6.07) is 4.35. The van der Waals surface area contributed by atoms with Gasteiger partial charge in [-0.15, -0.1) is 0 Å². The van der Waals surface area contributed by atoms with Crippen LogP contribution in [0.25, 0.3) is 0 Å². The van der Waals surface area contributed by atoms with Crippen molar-refractivity contribution in [3.05, 3.63) is 27.7 Å². The summed E-state index contributed by atoms with van der Waals surface area (Å²) in [6.07, 6.45) is 0. The topological polar surface area (TPSA) is 55.4 Å². The Hall–Kier alpha value is -0.590. The number of hydrogen-bond acceptors (Lipinski definition) is 4. The van der Waals surface area contributed by atoms with Crippen LogP contribution in [0.3, 0.4) is 0 Å². The van der Waals surface area contributed by atoms with Crippen molar-refractivity contribution in [2.45, 2.75) is 40.3 Å². The minimum Gasteiger partial charge on any atom is -0.492 e. The van der Waals surface area contributed by atoms with Crippen molar-refractivity contribution in [1.29, 1.82) is 0 Å². The van der Waals surface area contributed by atoms with E-state index in [4.69, 9.17) is 4.74 Å². The Morgan fingerprint density at radius 2 is 2.00 bits per heavy atom. The average Bonchev–Trinajstić information content (AvgIpc) is 2.38. The van der Waals surface area contributed by atoms with Gasteiger partial charge in [0.15, 0.2) is 9.84 Å². The molecule has 0 aliphatic rings. The Bertz CT molecular complexity index is 571. The average molecular weight is 378 g/mol. The van der Waals surface area contributed by atoms with Crippen LogP contribution in [0.5, 0.6) is 5.75 Å². The smallest absolute Gasteiger partial charge is 0.153 e. The Labute approximate surface area is 136 Å². The molecular weight excluding hydrogens is 354 g/mol. The van der Waals surface area contributed by atoms with Gasteiger partial charge in [0.25, 0.3) is 0 Å². The van der Waals surface area contributed by atoms with E-state index in [0.29, 0.717) is 12.6 Å². The van der Waals surface area contributed by atoms with Gasteiger partial charge in [-0.2, -0.15) is 0 Å². The molecule has 6 heteroatoms. The molecule has 1 N–H and O–H groups in total. The third-order valence-corrected chi connectivity index (χ3v) is 5.22. The SMILES string of the molecule is CCS(=O)(=O)CCOc1c(C)cc(Br)cc1CNC(C)C. The van der Waals surface area contributed by atoms with Crippen molar-refractivity contribution < 1.29 is 13.2 Å². The number of nitrogens with one attached hydrogen (secondary N) is 1. The number of rotatable bonds is 8. The van der Waals surface area contributed by atoms with Gasteiger partial charge in [-0.05, 0) is 24.6 Å². The lowest BCUT2D eigenvalue weighted by Gasteiger charge is -2.16. The quantitative estimate of drug-likeness (QED) is 0.756. The van der Waals surface area contributed by atoms with Crippen LogP contribution in [-0.4, -0.2) is 32.6 Å². The highest BCUT2D eigenvalue weighted by Gasteiger charge is 2.12. The molecule has 1 rings (SSSR count). The number of ether oxygens (including phenoxy) is 1. The third kappa shape index (κ3) is 6.36. The van der Waals surface area contributed by atoms with E-state index >= 15 is 0 Å². The van der Waals surface area contributed by atoms with Crippen molar-refractivity contribution in [3.63, 3.8) is 0 Å². The molecule has 0 saturated heterocycles. The molecule has 0 saturated carbocycles. The van der Waals surface area contributed by atoms with Crippen LogP contribution in [0.1, 0.15) is 31.9 Å². The predicted molar refractivity (Wildman–Crippen MR) is 90.7 cm³/mol. The fourth-order valence-corrected chi connectivity index (χ4v) is 3.11. The summed E-state index contributed by atoms with van der Waals surface area (Å²) in [5.74, 6) is 0.977. The first-order valence-corrected chi connectivity index (χ1v) is 9.72. The Morgan fingerprint density at radius 3 is 2.57 bits per heavy atom. The van der Waals surface area contributed by atoms with E-state index in [1.54, 1.807) is 6.92 Å². The van der Waals surface area contributed by atoms with Gasteiger partial charge in [0, 0.05) is 28.4 Å². The summed E-state index contributed by atoms with van der Waals surface area (Å²) < 4.78 is 29.8. The zero-order chi connectivity index (χ0) is 16.0. The van der Waals surface area contributed by atoms with E-state index in [9.17, 15) is 8.42 Å². The van der Waals surface area contributed by atoms with E-state index in [-0.39, 0.29) is 18.1 Å². The Balaban J connectivity index is 2.84.